The lowest BCUT2D eigenvalue weighted by atomic mass is 10.2. The molecule has 0 unspecified atom stereocenters. The number of hydrogen-bond donors (Lipinski definition) is 2. The molecular weight excluding hydrogens is 314 g/mol. The molecule has 0 fully saturated rings. The standard InChI is InChI=1S/C20H23N3O2/c1-2-3-16-25-19-13-11-18(12-14-19)22-20(24)23-21-15-7-10-17-8-5-4-6-9-17/h4-15H,2-3,16H2,1H3,(H2,22,23,24)/b10-7+,21-15+. The second-order valence-electron chi connectivity index (χ2n) is 5.34. The van der Waals surface area contributed by atoms with Crippen molar-refractivity contribution in [2.75, 3.05) is 11.9 Å². The molecule has 0 saturated carbocycles. The van der Waals surface area contributed by atoms with E-state index in [0.29, 0.717) is 12.3 Å². The number of nitrogens with zero attached hydrogens (tertiary/aromatic N) is 1. The van der Waals surface area contributed by atoms with E-state index in [2.05, 4.69) is 22.8 Å². The second-order valence-corrected chi connectivity index (χ2v) is 5.34. The van der Waals surface area contributed by atoms with Gasteiger partial charge in [0.15, 0.2) is 0 Å². The van der Waals surface area contributed by atoms with Gasteiger partial charge in [0.25, 0.3) is 0 Å². The van der Waals surface area contributed by atoms with Gasteiger partial charge in [0.05, 0.1) is 6.61 Å². The highest BCUT2D eigenvalue weighted by molar-refractivity contribution is 5.90. The summed E-state index contributed by atoms with van der Waals surface area (Å²) in [5.41, 5.74) is 4.16. The largest absolute Gasteiger partial charge is 0.494 e. The van der Waals surface area contributed by atoms with Crippen molar-refractivity contribution in [2.24, 2.45) is 5.10 Å². The fourth-order valence-electron chi connectivity index (χ4n) is 1.99. The molecule has 0 spiro atoms. The molecule has 0 aromatic heterocycles. The number of benzene rings is 2. The van der Waals surface area contributed by atoms with Crippen LogP contribution < -0.4 is 15.5 Å². The highest BCUT2D eigenvalue weighted by Gasteiger charge is 2.00. The maximum Gasteiger partial charge on any atom is 0.339 e. The number of carbonyl (C=O) groups is 1. The van der Waals surface area contributed by atoms with E-state index in [0.717, 1.165) is 24.2 Å². The van der Waals surface area contributed by atoms with Crippen molar-refractivity contribution in [3.63, 3.8) is 0 Å². The molecule has 2 N–H and O–H groups in total. The summed E-state index contributed by atoms with van der Waals surface area (Å²) in [5.74, 6) is 0.795. The summed E-state index contributed by atoms with van der Waals surface area (Å²) in [4.78, 5) is 11.8. The van der Waals surface area contributed by atoms with Gasteiger partial charge in [-0.15, -0.1) is 0 Å². The third-order valence-corrected chi connectivity index (χ3v) is 3.29. The molecule has 0 heterocycles. The van der Waals surface area contributed by atoms with E-state index in [-0.39, 0.29) is 0 Å². The Balaban J connectivity index is 1.72. The van der Waals surface area contributed by atoms with Gasteiger partial charge in [-0.3, -0.25) is 0 Å². The Morgan fingerprint density at radius 1 is 1.12 bits per heavy atom. The molecule has 2 amide bonds. The number of hydrazone groups is 1. The summed E-state index contributed by atoms with van der Waals surface area (Å²) in [6.45, 7) is 2.82. The van der Waals surface area contributed by atoms with E-state index in [9.17, 15) is 4.79 Å². The normalized spacial score (nSPS) is 10.9. The number of rotatable bonds is 8. The molecule has 5 nitrogen and oxygen atoms in total. The van der Waals surface area contributed by atoms with Crippen molar-refractivity contribution >= 4 is 24.0 Å². The van der Waals surface area contributed by atoms with Crippen LogP contribution in [0.25, 0.3) is 6.08 Å². The van der Waals surface area contributed by atoms with E-state index in [1.165, 1.54) is 6.21 Å². The van der Waals surface area contributed by atoms with Crippen LogP contribution in [0.3, 0.4) is 0 Å². The van der Waals surface area contributed by atoms with Crippen molar-refractivity contribution in [1.29, 1.82) is 0 Å². The van der Waals surface area contributed by atoms with Gasteiger partial charge in [0.1, 0.15) is 5.75 Å². The van der Waals surface area contributed by atoms with Crippen molar-refractivity contribution in [3.05, 3.63) is 66.2 Å². The second kappa shape index (κ2) is 10.6. The molecule has 0 aliphatic rings. The SMILES string of the molecule is CCCCOc1ccc(NC(=O)N/N=C/C=C/c2ccccc2)cc1. The van der Waals surface area contributed by atoms with Crippen LogP contribution in [-0.2, 0) is 0 Å². The van der Waals surface area contributed by atoms with Gasteiger partial charge in [0, 0.05) is 11.9 Å². The molecule has 5 heteroatoms. The molecule has 2 aromatic rings. The number of allylic oxidation sites excluding steroid dienone is 1. The Morgan fingerprint density at radius 3 is 2.60 bits per heavy atom. The Labute approximate surface area is 148 Å². The maximum atomic E-state index is 11.8. The topological polar surface area (TPSA) is 62.7 Å². The molecule has 2 aromatic carbocycles. The zero-order valence-electron chi connectivity index (χ0n) is 14.3. The van der Waals surface area contributed by atoms with Crippen LogP contribution in [0.4, 0.5) is 10.5 Å². The summed E-state index contributed by atoms with van der Waals surface area (Å²) in [6.07, 6.45) is 7.32. The number of nitrogens with one attached hydrogen (secondary N) is 2. The first-order valence-electron chi connectivity index (χ1n) is 8.32. The van der Waals surface area contributed by atoms with E-state index >= 15 is 0 Å². The lowest BCUT2D eigenvalue weighted by Gasteiger charge is -2.07. The van der Waals surface area contributed by atoms with Crippen molar-refractivity contribution in [3.8, 4) is 5.75 Å². The monoisotopic (exact) mass is 337 g/mol. The summed E-state index contributed by atoms with van der Waals surface area (Å²) in [6, 6.07) is 16.7. The van der Waals surface area contributed by atoms with E-state index in [4.69, 9.17) is 4.74 Å². The van der Waals surface area contributed by atoms with E-state index < -0.39 is 6.03 Å². The number of urea groups is 1. The number of amides is 2. The Bertz CT molecular complexity index is 695. The molecule has 0 aliphatic heterocycles. The van der Waals surface area contributed by atoms with Crippen LogP contribution in [-0.4, -0.2) is 18.9 Å². The lowest BCUT2D eigenvalue weighted by Crippen LogP contribution is -2.23. The van der Waals surface area contributed by atoms with Gasteiger partial charge in [-0.1, -0.05) is 49.8 Å². The predicted molar refractivity (Wildman–Crippen MR) is 103 cm³/mol. The van der Waals surface area contributed by atoms with Crippen molar-refractivity contribution in [2.45, 2.75) is 19.8 Å². The number of carbonyl (C=O) groups excluding carboxylic acids is 1. The smallest absolute Gasteiger partial charge is 0.339 e. The minimum absolute atomic E-state index is 0.399. The molecule has 0 atom stereocenters. The van der Waals surface area contributed by atoms with Crippen LogP contribution in [0.15, 0.2) is 65.8 Å². The third kappa shape index (κ3) is 7.35. The van der Waals surface area contributed by atoms with Crippen molar-refractivity contribution < 1.29 is 9.53 Å². The minimum Gasteiger partial charge on any atom is -0.494 e. The number of unbranched alkanes of at least 4 members (excludes halogenated alkanes) is 1. The molecule has 0 bridgehead atoms. The molecule has 25 heavy (non-hydrogen) atoms. The van der Waals surface area contributed by atoms with E-state index in [1.54, 1.807) is 18.2 Å². The van der Waals surface area contributed by atoms with Gasteiger partial charge < -0.3 is 10.1 Å². The zero-order valence-corrected chi connectivity index (χ0v) is 14.3. The Kier molecular flexibility index (Phi) is 7.78. The van der Waals surface area contributed by atoms with Gasteiger partial charge in [0.2, 0.25) is 0 Å². The summed E-state index contributed by atoms with van der Waals surface area (Å²) in [5, 5.41) is 6.55. The van der Waals surface area contributed by atoms with Gasteiger partial charge in [-0.25, -0.2) is 10.2 Å². The first-order chi connectivity index (χ1) is 12.3. The summed E-state index contributed by atoms with van der Waals surface area (Å²) >= 11 is 0. The Morgan fingerprint density at radius 2 is 1.88 bits per heavy atom. The molecular formula is C20H23N3O2. The molecule has 0 aliphatic carbocycles. The Hall–Kier alpha value is -3.08. The van der Waals surface area contributed by atoms with Crippen LogP contribution in [0, 0.1) is 0 Å². The predicted octanol–water partition coefficient (Wildman–Crippen LogP) is 4.69. The van der Waals surface area contributed by atoms with Crippen LogP contribution in [0.1, 0.15) is 25.3 Å². The van der Waals surface area contributed by atoms with Crippen LogP contribution in [0.2, 0.25) is 0 Å². The fourth-order valence-corrected chi connectivity index (χ4v) is 1.99. The first-order valence-corrected chi connectivity index (χ1v) is 8.32. The van der Waals surface area contributed by atoms with Gasteiger partial charge >= 0.3 is 6.03 Å². The lowest BCUT2D eigenvalue weighted by molar-refractivity contribution is 0.252. The van der Waals surface area contributed by atoms with Crippen molar-refractivity contribution in [1.82, 2.24) is 5.43 Å². The highest BCUT2D eigenvalue weighted by Crippen LogP contribution is 2.15. The molecule has 130 valence electrons. The average molecular weight is 337 g/mol. The number of ether oxygens (including phenoxy) is 1. The quantitative estimate of drug-likeness (QED) is 0.417. The van der Waals surface area contributed by atoms with E-state index in [1.807, 2.05) is 48.5 Å². The fraction of sp³-hybridized carbons (Fsp3) is 0.200. The van der Waals surface area contributed by atoms with Crippen LogP contribution in [0.5, 0.6) is 5.75 Å². The molecule has 2 rings (SSSR count). The first kappa shape index (κ1) is 18.3. The summed E-state index contributed by atoms with van der Waals surface area (Å²) < 4.78 is 5.58. The third-order valence-electron chi connectivity index (χ3n) is 3.29. The highest BCUT2D eigenvalue weighted by atomic mass is 16.5. The zero-order chi connectivity index (χ0) is 17.7. The van der Waals surface area contributed by atoms with Gasteiger partial charge in [-0.2, -0.15) is 5.10 Å². The molecule has 0 radical (unpaired) electrons. The minimum atomic E-state index is -0.399. The molecule has 0 saturated heterocycles. The number of hydrogen-bond acceptors (Lipinski definition) is 3. The average Bonchev–Trinajstić information content (AvgIpc) is 2.64. The maximum absolute atomic E-state index is 11.8. The van der Waals surface area contributed by atoms with Gasteiger partial charge in [-0.05, 0) is 42.3 Å². The summed E-state index contributed by atoms with van der Waals surface area (Å²) in [7, 11) is 0. The number of anilines is 1. The van der Waals surface area contributed by atoms with Crippen LogP contribution >= 0.6 is 0 Å².